The number of rotatable bonds is 6. The molecule has 1 rings (SSSR count). The van der Waals surface area contributed by atoms with Crippen LogP contribution in [-0.4, -0.2) is 17.6 Å². The molecule has 1 aromatic carbocycles. The molecule has 0 bridgehead atoms. The van der Waals surface area contributed by atoms with Crippen LogP contribution in [-0.2, 0) is 4.79 Å². The van der Waals surface area contributed by atoms with Gasteiger partial charge in [-0.1, -0.05) is 42.6 Å². The molecule has 17 heavy (non-hydrogen) atoms. The van der Waals surface area contributed by atoms with Crippen molar-refractivity contribution in [2.24, 2.45) is 0 Å². The second kappa shape index (κ2) is 6.84. The number of carboxylic acids is 1. The highest BCUT2D eigenvalue weighted by Crippen LogP contribution is 2.26. The van der Waals surface area contributed by atoms with Gasteiger partial charge in [0, 0.05) is 10.0 Å². The Bertz CT molecular complexity index is 396. The molecule has 0 fully saturated rings. The standard InChI is InChI=1S/C12H15Cl2NO2/c1-2-3-6-15-11(12(16)17)9-5-4-8(13)7-10(9)14/h4-5,7,11,15H,2-3,6H2,1H3,(H,16,17). The number of benzene rings is 1. The zero-order chi connectivity index (χ0) is 12.8. The lowest BCUT2D eigenvalue weighted by Crippen LogP contribution is -2.29. The fraction of sp³-hybridized carbons (Fsp3) is 0.417. The van der Waals surface area contributed by atoms with E-state index in [-0.39, 0.29) is 0 Å². The second-order valence-electron chi connectivity index (χ2n) is 3.74. The third-order valence-electron chi connectivity index (χ3n) is 2.40. The highest BCUT2D eigenvalue weighted by molar-refractivity contribution is 6.35. The molecule has 94 valence electrons. The summed E-state index contributed by atoms with van der Waals surface area (Å²) < 4.78 is 0. The van der Waals surface area contributed by atoms with Crippen LogP contribution in [0, 0.1) is 0 Å². The maximum atomic E-state index is 11.2. The SMILES string of the molecule is CCCCNC(C(=O)O)c1ccc(Cl)cc1Cl. The van der Waals surface area contributed by atoms with Gasteiger partial charge in [-0.15, -0.1) is 0 Å². The van der Waals surface area contributed by atoms with Crippen molar-refractivity contribution in [2.45, 2.75) is 25.8 Å². The summed E-state index contributed by atoms with van der Waals surface area (Å²) in [5.41, 5.74) is 0.541. The van der Waals surface area contributed by atoms with Gasteiger partial charge in [0.05, 0.1) is 0 Å². The summed E-state index contributed by atoms with van der Waals surface area (Å²) in [4.78, 5) is 11.2. The molecule has 0 aromatic heterocycles. The molecule has 2 N–H and O–H groups in total. The first-order chi connectivity index (χ1) is 8.06. The lowest BCUT2D eigenvalue weighted by atomic mass is 10.1. The lowest BCUT2D eigenvalue weighted by Gasteiger charge is -2.16. The average molecular weight is 276 g/mol. The van der Waals surface area contributed by atoms with Crippen molar-refractivity contribution >= 4 is 29.2 Å². The average Bonchev–Trinajstić information content (AvgIpc) is 2.25. The molecule has 1 unspecified atom stereocenters. The minimum atomic E-state index is -0.940. The van der Waals surface area contributed by atoms with Crippen molar-refractivity contribution in [3.63, 3.8) is 0 Å². The minimum Gasteiger partial charge on any atom is -0.480 e. The number of unbranched alkanes of at least 4 members (excludes halogenated alkanes) is 1. The smallest absolute Gasteiger partial charge is 0.325 e. The summed E-state index contributed by atoms with van der Waals surface area (Å²) in [5, 5.41) is 13.0. The van der Waals surface area contributed by atoms with E-state index in [0.29, 0.717) is 22.2 Å². The number of halogens is 2. The first-order valence-corrected chi connectivity index (χ1v) is 6.23. The Morgan fingerprint density at radius 2 is 2.18 bits per heavy atom. The maximum absolute atomic E-state index is 11.2. The Balaban J connectivity index is 2.86. The summed E-state index contributed by atoms with van der Waals surface area (Å²) in [5.74, 6) is -0.940. The topological polar surface area (TPSA) is 49.3 Å². The Kier molecular flexibility index (Phi) is 5.75. The molecule has 0 radical (unpaired) electrons. The Morgan fingerprint density at radius 1 is 1.47 bits per heavy atom. The number of aliphatic carboxylic acids is 1. The van der Waals surface area contributed by atoms with E-state index in [2.05, 4.69) is 5.32 Å². The minimum absolute atomic E-state index is 0.369. The summed E-state index contributed by atoms with van der Waals surface area (Å²) in [6.07, 6.45) is 1.93. The number of hydrogen-bond acceptors (Lipinski definition) is 2. The van der Waals surface area contributed by atoms with E-state index in [9.17, 15) is 4.79 Å². The first kappa shape index (κ1) is 14.3. The van der Waals surface area contributed by atoms with Gasteiger partial charge in [0.15, 0.2) is 0 Å². The van der Waals surface area contributed by atoms with Crippen molar-refractivity contribution in [3.05, 3.63) is 33.8 Å². The molecule has 0 aliphatic rings. The monoisotopic (exact) mass is 275 g/mol. The highest BCUT2D eigenvalue weighted by Gasteiger charge is 2.21. The highest BCUT2D eigenvalue weighted by atomic mass is 35.5. The molecule has 3 nitrogen and oxygen atoms in total. The van der Waals surface area contributed by atoms with E-state index in [1.807, 2.05) is 6.92 Å². The van der Waals surface area contributed by atoms with E-state index in [4.69, 9.17) is 28.3 Å². The third-order valence-corrected chi connectivity index (χ3v) is 2.96. The quantitative estimate of drug-likeness (QED) is 0.782. The van der Waals surface area contributed by atoms with Gasteiger partial charge >= 0.3 is 5.97 Å². The van der Waals surface area contributed by atoms with Gasteiger partial charge in [0.2, 0.25) is 0 Å². The van der Waals surface area contributed by atoms with Gasteiger partial charge in [-0.05, 0) is 30.7 Å². The zero-order valence-corrected chi connectivity index (χ0v) is 11.1. The van der Waals surface area contributed by atoms with E-state index >= 15 is 0 Å². The van der Waals surface area contributed by atoms with Crippen molar-refractivity contribution in [2.75, 3.05) is 6.54 Å². The first-order valence-electron chi connectivity index (χ1n) is 5.47. The predicted molar refractivity (Wildman–Crippen MR) is 69.7 cm³/mol. The van der Waals surface area contributed by atoms with Gasteiger partial charge in [-0.25, -0.2) is 0 Å². The summed E-state index contributed by atoms with van der Waals surface area (Å²) >= 11 is 11.8. The molecular formula is C12H15Cl2NO2. The summed E-state index contributed by atoms with van der Waals surface area (Å²) in [6.45, 7) is 2.69. The molecule has 0 saturated heterocycles. The number of hydrogen-bond donors (Lipinski definition) is 2. The molecule has 1 aromatic rings. The molecular weight excluding hydrogens is 261 g/mol. The Hall–Kier alpha value is -0.770. The van der Waals surface area contributed by atoms with Crippen LogP contribution in [0.15, 0.2) is 18.2 Å². The van der Waals surface area contributed by atoms with Gasteiger partial charge in [0.1, 0.15) is 6.04 Å². The van der Waals surface area contributed by atoms with Crippen LogP contribution in [0.1, 0.15) is 31.4 Å². The molecule has 1 atom stereocenters. The molecule has 0 aliphatic heterocycles. The van der Waals surface area contributed by atoms with Crippen LogP contribution >= 0.6 is 23.2 Å². The maximum Gasteiger partial charge on any atom is 0.325 e. The fourth-order valence-electron chi connectivity index (χ4n) is 1.49. The van der Waals surface area contributed by atoms with Crippen LogP contribution < -0.4 is 5.32 Å². The molecule has 0 spiro atoms. The van der Waals surface area contributed by atoms with Gasteiger partial charge in [-0.3, -0.25) is 4.79 Å². The van der Waals surface area contributed by atoms with Gasteiger partial charge in [0.25, 0.3) is 0 Å². The van der Waals surface area contributed by atoms with Crippen LogP contribution in [0.4, 0.5) is 0 Å². The molecule has 0 amide bonds. The van der Waals surface area contributed by atoms with Crippen LogP contribution in [0.5, 0.6) is 0 Å². The Labute approximate surface area is 111 Å². The van der Waals surface area contributed by atoms with Gasteiger partial charge in [-0.2, -0.15) is 0 Å². The van der Waals surface area contributed by atoms with Crippen molar-refractivity contribution in [3.8, 4) is 0 Å². The second-order valence-corrected chi connectivity index (χ2v) is 4.59. The number of carboxylic acid groups (broad SMARTS) is 1. The predicted octanol–water partition coefficient (Wildman–Crippen LogP) is 3.51. The van der Waals surface area contributed by atoms with Crippen molar-refractivity contribution in [1.29, 1.82) is 0 Å². The largest absolute Gasteiger partial charge is 0.480 e. The van der Waals surface area contributed by atoms with Crippen LogP contribution in [0.3, 0.4) is 0 Å². The van der Waals surface area contributed by atoms with E-state index in [1.54, 1.807) is 18.2 Å². The number of carbonyl (C=O) groups is 1. The molecule has 0 aliphatic carbocycles. The zero-order valence-electron chi connectivity index (χ0n) is 9.54. The van der Waals surface area contributed by atoms with Crippen molar-refractivity contribution in [1.82, 2.24) is 5.32 Å². The van der Waals surface area contributed by atoms with E-state index in [0.717, 1.165) is 12.8 Å². The van der Waals surface area contributed by atoms with E-state index < -0.39 is 12.0 Å². The summed E-state index contributed by atoms with van der Waals surface area (Å²) in [6, 6.07) is 4.05. The van der Waals surface area contributed by atoms with Crippen LogP contribution in [0.25, 0.3) is 0 Å². The molecule has 5 heteroatoms. The van der Waals surface area contributed by atoms with Crippen LogP contribution in [0.2, 0.25) is 10.0 Å². The third kappa shape index (κ3) is 4.19. The summed E-state index contributed by atoms with van der Waals surface area (Å²) in [7, 11) is 0. The molecule has 0 heterocycles. The molecule has 0 saturated carbocycles. The lowest BCUT2D eigenvalue weighted by molar-refractivity contribution is -0.139. The fourth-order valence-corrected chi connectivity index (χ4v) is 2.01. The Morgan fingerprint density at radius 3 is 2.71 bits per heavy atom. The normalized spacial score (nSPS) is 12.4. The van der Waals surface area contributed by atoms with Crippen molar-refractivity contribution < 1.29 is 9.90 Å². The van der Waals surface area contributed by atoms with Gasteiger partial charge < -0.3 is 10.4 Å². The number of nitrogens with one attached hydrogen (secondary N) is 1. The van der Waals surface area contributed by atoms with E-state index in [1.165, 1.54) is 0 Å².